The Balaban J connectivity index is 3.46. The van der Waals surface area contributed by atoms with Gasteiger partial charge in [0.25, 0.3) is 0 Å². The second-order valence-corrected chi connectivity index (χ2v) is 9.63. The molecular weight excluding hydrogens is 470 g/mol. The highest BCUT2D eigenvalue weighted by molar-refractivity contribution is 7.80. The van der Waals surface area contributed by atoms with Crippen LogP contribution in [0.25, 0.3) is 0 Å². The average Bonchev–Trinajstić information content (AvgIpc) is 2.77. The van der Waals surface area contributed by atoms with Crippen LogP contribution in [0.5, 0.6) is 0 Å². The second-order valence-electron chi connectivity index (χ2n) is 9.27. The lowest BCUT2D eigenvalue weighted by atomic mass is 9.93. The van der Waals surface area contributed by atoms with E-state index < -0.39 is 41.6 Å². The zero-order chi connectivity index (χ0) is 26.8. The molecule has 3 amide bonds. The van der Waals surface area contributed by atoms with Crippen LogP contribution >= 0.6 is 12.6 Å². The van der Waals surface area contributed by atoms with Gasteiger partial charge in [-0.1, -0.05) is 31.5 Å². The van der Waals surface area contributed by atoms with Crippen molar-refractivity contribution < 1.29 is 28.7 Å². The molecule has 0 heterocycles. The number of unbranched alkanes of at least 4 members (excludes halogenated alkanes) is 1. The second kappa shape index (κ2) is 14.0. The van der Waals surface area contributed by atoms with E-state index in [0.717, 1.165) is 17.5 Å². The van der Waals surface area contributed by atoms with Gasteiger partial charge >= 0.3 is 12.1 Å². The van der Waals surface area contributed by atoms with E-state index in [1.807, 2.05) is 39.0 Å². The number of nitrogens with zero attached hydrogens (tertiary/aromatic N) is 1. The number of thiol groups is 1. The Hall–Kier alpha value is -2.75. The first kappa shape index (κ1) is 30.3. The Morgan fingerprint density at radius 2 is 1.71 bits per heavy atom. The SMILES string of the molecule is CCCCN(C(=O)C(CS)NC(=O)OC(C)(C)C)C(C(=O)NCC(=O)OC)c1c(C)cccc1C. The molecule has 0 aliphatic rings. The number of nitrogens with one attached hydrogen (secondary N) is 2. The first-order valence-corrected chi connectivity index (χ1v) is 12.3. The van der Waals surface area contributed by atoms with E-state index in [9.17, 15) is 19.2 Å². The molecule has 0 spiro atoms. The van der Waals surface area contributed by atoms with Crippen molar-refractivity contribution in [3.8, 4) is 0 Å². The van der Waals surface area contributed by atoms with Crippen molar-refractivity contribution >= 4 is 36.5 Å². The standard InChI is InChI=1S/C25H39N3O6S/c1-8-9-13-28(23(31)18(15-35)27-24(32)34-25(4,5)6)21(22(30)26-14-19(29)33-7)20-16(2)11-10-12-17(20)3/h10-12,18,21,35H,8-9,13-15H2,1-7H3,(H,26,30)(H,27,32). The molecule has 0 aliphatic heterocycles. The number of ether oxygens (including phenoxy) is 2. The molecule has 0 radical (unpaired) electrons. The largest absolute Gasteiger partial charge is 0.468 e. The molecule has 0 aliphatic carbocycles. The van der Waals surface area contributed by atoms with Gasteiger partial charge in [0.2, 0.25) is 11.8 Å². The number of carbonyl (C=O) groups excluding carboxylic acids is 4. The van der Waals surface area contributed by atoms with Gasteiger partial charge in [-0.25, -0.2) is 4.79 Å². The summed E-state index contributed by atoms with van der Waals surface area (Å²) in [5.41, 5.74) is 1.56. The summed E-state index contributed by atoms with van der Waals surface area (Å²) in [4.78, 5) is 52.7. The maximum Gasteiger partial charge on any atom is 0.408 e. The fraction of sp³-hybridized carbons (Fsp3) is 0.600. The van der Waals surface area contributed by atoms with Crippen molar-refractivity contribution in [3.05, 3.63) is 34.9 Å². The summed E-state index contributed by atoms with van der Waals surface area (Å²) in [6.45, 7) is 10.8. The van der Waals surface area contributed by atoms with Crippen LogP contribution in [0.3, 0.4) is 0 Å². The summed E-state index contributed by atoms with van der Waals surface area (Å²) in [5.74, 6) is -1.60. The maximum absolute atomic E-state index is 13.8. The third-order valence-corrected chi connectivity index (χ3v) is 5.58. The lowest BCUT2D eigenvalue weighted by Crippen LogP contribution is -2.54. The number of aryl methyl sites for hydroxylation is 2. The lowest BCUT2D eigenvalue weighted by molar-refractivity contribution is -0.144. The van der Waals surface area contributed by atoms with Crippen LogP contribution in [0.1, 0.15) is 63.3 Å². The number of esters is 1. The van der Waals surface area contributed by atoms with Crippen molar-refractivity contribution in [1.29, 1.82) is 0 Å². The van der Waals surface area contributed by atoms with Crippen molar-refractivity contribution in [3.63, 3.8) is 0 Å². The van der Waals surface area contributed by atoms with E-state index in [4.69, 9.17) is 4.74 Å². The molecule has 0 bridgehead atoms. The Bertz CT molecular complexity index is 879. The van der Waals surface area contributed by atoms with Crippen LogP contribution in [-0.2, 0) is 23.9 Å². The van der Waals surface area contributed by atoms with Crippen LogP contribution in [-0.4, -0.2) is 66.4 Å². The molecule has 2 unspecified atom stereocenters. The molecule has 0 aromatic heterocycles. The predicted octanol–water partition coefficient (Wildman–Crippen LogP) is 3.09. The van der Waals surface area contributed by atoms with Crippen LogP contribution < -0.4 is 10.6 Å². The van der Waals surface area contributed by atoms with E-state index in [0.29, 0.717) is 12.0 Å². The van der Waals surface area contributed by atoms with E-state index in [1.54, 1.807) is 20.8 Å². The van der Waals surface area contributed by atoms with Crippen LogP contribution in [0.4, 0.5) is 4.79 Å². The van der Waals surface area contributed by atoms with Crippen LogP contribution in [0.15, 0.2) is 18.2 Å². The first-order chi connectivity index (χ1) is 16.4. The van der Waals surface area contributed by atoms with Gasteiger partial charge in [0.1, 0.15) is 24.2 Å². The third-order valence-electron chi connectivity index (χ3n) is 5.22. The summed E-state index contributed by atoms with van der Waals surface area (Å²) in [6, 6.07) is 3.55. The highest BCUT2D eigenvalue weighted by atomic mass is 32.1. The number of benzene rings is 1. The summed E-state index contributed by atoms with van der Waals surface area (Å²) in [6.07, 6.45) is 0.653. The van der Waals surface area contributed by atoms with Gasteiger partial charge in [-0.2, -0.15) is 12.6 Å². The smallest absolute Gasteiger partial charge is 0.408 e. The first-order valence-electron chi connectivity index (χ1n) is 11.7. The number of hydrogen-bond acceptors (Lipinski definition) is 7. The van der Waals surface area contributed by atoms with Crippen molar-refractivity contribution in [2.45, 2.75) is 72.1 Å². The van der Waals surface area contributed by atoms with Gasteiger partial charge in [0, 0.05) is 12.3 Å². The minimum absolute atomic E-state index is 0.00392. The topological polar surface area (TPSA) is 114 Å². The number of carbonyl (C=O) groups is 4. The van der Waals surface area contributed by atoms with Crippen LogP contribution in [0.2, 0.25) is 0 Å². The number of methoxy groups -OCH3 is 1. The van der Waals surface area contributed by atoms with Gasteiger partial charge in [-0.3, -0.25) is 14.4 Å². The number of rotatable bonds is 11. The molecule has 1 aromatic rings. The summed E-state index contributed by atoms with van der Waals surface area (Å²) in [7, 11) is 1.23. The number of hydrogen-bond donors (Lipinski definition) is 3. The van der Waals surface area contributed by atoms with Gasteiger partial charge in [-0.05, 0) is 57.7 Å². The Morgan fingerprint density at radius 3 is 2.20 bits per heavy atom. The molecule has 0 fully saturated rings. The third kappa shape index (κ3) is 9.43. The number of amides is 3. The molecule has 35 heavy (non-hydrogen) atoms. The average molecular weight is 510 g/mol. The van der Waals surface area contributed by atoms with Crippen LogP contribution in [0, 0.1) is 13.8 Å². The highest BCUT2D eigenvalue weighted by Crippen LogP contribution is 2.29. The van der Waals surface area contributed by atoms with Crippen molar-refractivity contribution in [2.75, 3.05) is 26.0 Å². The Morgan fingerprint density at radius 1 is 1.11 bits per heavy atom. The molecule has 9 nitrogen and oxygen atoms in total. The Labute approximate surface area is 213 Å². The molecular formula is C25H39N3O6S. The summed E-state index contributed by atoms with van der Waals surface area (Å²) in [5, 5.41) is 5.17. The number of alkyl carbamates (subject to hydrolysis) is 1. The monoisotopic (exact) mass is 509 g/mol. The molecule has 196 valence electrons. The quantitative estimate of drug-likeness (QED) is 0.312. The van der Waals surface area contributed by atoms with E-state index in [1.165, 1.54) is 12.0 Å². The molecule has 1 aromatic carbocycles. The van der Waals surface area contributed by atoms with Gasteiger partial charge in [-0.15, -0.1) is 0 Å². The zero-order valence-electron chi connectivity index (χ0n) is 21.8. The van der Waals surface area contributed by atoms with E-state index in [-0.39, 0.29) is 18.8 Å². The van der Waals surface area contributed by atoms with Gasteiger partial charge < -0.3 is 25.0 Å². The van der Waals surface area contributed by atoms with Crippen molar-refractivity contribution in [1.82, 2.24) is 15.5 Å². The minimum Gasteiger partial charge on any atom is -0.468 e. The lowest BCUT2D eigenvalue weighted by Gasteiger charge is -2.35. The maximum atomic E-state index is 13.8. The predicted molar refractivity (Wildman–Crippen MR) is 137 cm³/mol. The molecule has 2 N–H and O–H groups in total. The zero-order valence-corrected chi connectivity index (χ0v) is 22.7. The molecule has 0 saturated carbocycles. The molecule has 10 heteroatoms. The molecule has 2 atom stereocenters. The van der Waals surface area contributed by atoms with E-state index >= 15 is 0 Å². The fourth-order valence-corrected chi connectivity index (χ4v) is 3.79. The van der Waals surface area contributed by atoms with Gasteiger partial charge in [0.05, 0.1) is 7.11 Å². The Kier molecular flexibility index (Phi) is 12.1. The summed E-state index contributed by atoms with van der Waals surface area (Å²) >= 11 is 4.28. The minimum atomic E-state index is -1.03. The van der Waals surface area contributed by atoms with Crippen molar-refractivity contribution in [2.24, 2.45) is 0 Å². The van der Waals surface area contributed by atoms with Gasteiger partial charge in [0.15, 0.2) is 0 Å². The fourth-order valence-electron chi connectivity index (χ4n) is 3.55. The molecule has 1 rings (SSSR count). The molecule has 0 saturated heterocycles. The normalized spacial score (nSPS) is 12.8. The van der Waals surface area contributed by atoms with E-state index in [2.05, 4.69) is 28.0 Å². The summed E-state index contributed by atoms with van der Waals surface area (Å²) < 4.78 is 9.94. The highest BCUT2D eigenvalue weighted by Gasteiger charge is 2.37.